The molecule has 19 heavy (non-hydrogen) atoms. The van der Waals surface area contributed by atoms with Crippen LogP contribution in [0.5, 0.6) is 0 Å². The maximum absolute atomic E-state index is 12.3. The van der Waals surface area contributed by atoms with Crippen LogP contribution in [-0.4, -0.2) is 34.8 Å². The van der Waals surface area contributed by atoms with Crippen LogP contribution in [0.3, 0.4) is 0 Å². The lowest BCUT2D eigenvalue weighted by atomic mass is 10.0. The van der Waals surface area contributed by atoms with E-state index in [1.807, 2.05) is 0 Å². The number of carbonyl (C=O) groups is 2. The molecular formula is C15H24N2O2. The average Bonchev–Trinajstić information content (AvgIpc) is 3.15. The minimum Gasteiger partial charge on any atom is -0.303 e. The van der Waals surface area contributed by atoms with Crippen molar-refractivity contribution < 1.29 is 9.59 Å². The molecule has 1 saturated heterocycles. The first-order valence-corrected chi connectivity index (χ1v) is 7.77. The van der Waals surface area contributed by atoms with Gasteiger partial charge in [0.05, 0.1) is 12.5 Å². The van der Waals surface area contributed by atoms with Crippen molar-refractivity contribution in [2.24, 2.45) is 5.92 Å². The molecule has 4 nitrogen and oxygen atoms in total. The number of nitrogens with one attached hydrogen (secondary N) is 1. The first-order chi connectivity index (χ1) is 9.15. The predicted octanol–water partition coefficient (Wildman–Crippen LogP) is 1.83. The van der Waals surface area contributed by atoms with Gasteiger partial charge >= 0.3 is 0 Å². The average molecular weight is 264 g/mol. The number of likely N-dealkylation sites (tertiary alicyclic amines) is 1. The molecule has 1 heterocycles. The first-order valence-electron chi connectivity index (χ1n) is 7.77. The molecule has 4 heteroatoms. The van der Waals surface area contributed by atoms with Crippen molar-refractivity contribution in [1.29, 1.82) is 0 Å². The quantitative estimate of drug-likeness (QED) is 0.625. The van der Waals surface area contributed by atoms with Gasteiger partial charge in [-0.3, -0.25) is 14.5 Å². The van der Waals surface area contributed by atoms with Gasteiger partial charge in [0.2, 0.25) is 11.8 Å². The van der Waals surface area contributed by atoms with E-state index in [1.165, 1.54) is 24.2 Å². The highest BCUT2D eigenvalue weighted by Crippen LogP contribution is 2.32. The number of hydrogen-bond donors (Lipinski definition) is 1. The summed E-state index contributed by atoms with van der Waals surface area (Å²) in [4.78, 5) is 25.7. The Morgan fingerprint density at radius 1 is 1.05 bits per heavy atom. The molecule has 3 fully saturated rings. The fourth-order valence-corrected chi connectivity index (χ4v) is 3.44. The van der Waals surface area contributed by atoms with Gasteiger partial charge in [0.1, 0.15) is 0 Å². The SMILES string of the molecule is CC1CCCC(NC2CC(=O)N(C3CC3)C2=O)CC1. The van der Waals surface area contributed by atoms with Gasteiger partial charge in [-0.05, 0) is 38.0 Å². The molecule has 0 radical (unpaired) electrons. The van der Waals surface area contributed by atoms with Crippen LogP contribution in [0.25, 0.3) is 0 Å². The van der Waals surface area contributed by atoms with Gasteiger partial charge in [-0.25, -0.2) is 0 Å². The predicted molar refractivity (Wildman–Crippen MR) is 72.5 cm³/mol. The van der Waals surface area contributed by atoms with Crippen LogP contribution in [0.1, 0.15) is 58.3 Å². The molecule has 1 aliphatic heterocycles. The Kier molecular flexibility index (Phi) is 3.61. The van der Waals surface area contributed by atoms with E-state index in [9.17, 15) is 9.59 Å². The second-order valence-corrected chi connectivity index (χ2v) is 6.57. The zero-order chi connectivity index (χ0) is 13.4. The van der Waals surface area contributed by atoms with Crippen molar-refractivity contribution in [2.45, 2.75) is 76.4 Å². The molecule has 3 unspecified atom stereocenters. The van der Waals surface area contributed by atoms with Crippen LogP contribution in [0, 0.1) is 5.92 Å². The zero-order valence-electron chi connectivity index (χ0n) is 11.7. The van der Waals surface area contributed by atoms with Crippen molar-refractivity contribution in [1.82, 2.24) is 10.2 Å². The summed E-state index contributed by atoms with van der Waals surface area (Å²) in [6, 6.07) is 0.401. The van der Waals surface area contributed by atoms with Crippen LogP contribution in [-0.2, 0) is 9.59 Å². The molecule has 3 rings (SSSR count). The van der Waals surface area contributed by atoms with Crippen molar-refractivity contribution in [2.75, 3.05) is 0 Å². The summed E-state index contributed by atoms with van der Waals surface area (Å²) in [5, 5.41) is 3.46. The molecule has 0 aromatic rings. The minimum absolute atomic E-state index is 0.0322. The highest BCUT2D eigenvalue weighted by Gasteiger charge is 2.46. The fraction of sp³-hybridized carbons (Fsp3) is 0.867. The van der Waals surface area contributed by atoms with Gasteiger partial charge in [0.25, 0.3) is 0 Å². The van der Waals surface area contributed by atoms with Gasteiger partial charge in [-0.1, -0.05) is 19.8 Å². The van der Waals surface area contributed by atoms with Crippen molar-refractivity contribution in [3.8, 4) is 0 Å². The summed E-state index contributed by atoms with van der Waals surface area (Å²) in [5.41, 5.74) is 0. The second kappa shape index (κ2) is 5.23. The summed E-state index contributed by atoms with van der Waals surface area (Å²) in [7, 11) is 0. The largest absolute Gasteiger partial charge is 0.303 e. The molecule has 2 saturated carbocycles. The topological polar surface area (TPSA) is 49.4 Å². The van der Waals surface area contributed by atoms with E-state index in [1.54, 1.807) is 0 Å². The van der Waals surface area contributed by atoms with Gasteiger partial charge in [-0.15, -0.1) is 0 Å². The van der Waals surface area contributed by atoms with Gasteiger partial charge < -0.3 is 5.32 Å². The monoisotopic (exact) mass is 264 g/mol. The Balaban J connectivity index is 1.57. The fourth-order valence-electron chi connectivity index (χ4n) is 3.44. The molecule has 3 atom stereocenters. The maximum Gasteiger partial charge on any atom is 0.247 e. The molecule has 2 amide bonds. The van der Waals surface area contributed by atoms with Crippen LogP contribution >= 0.6 is 0 Å². The highest BCUT2D eigenvalue weighted by atomic mass is 16.2. The van der Waals surface area contributed by atoms with Gasteiger partial charge in [-0.2, -0.15) is 0 Å². The molecule has 3 aliphatic rings. The lowest BCUT2D eigenvalue weighted by Gasteiger charge is -2.20. The number of imide groups is 1. The summed E-state index contributed by atoms with van der Waals surface area (Å²) >= 11 is 0. The van der Waals surface area contributed by atoms with E-state index in [2.05, 4.69) is 12.2 Å². The summed E-state index contributed by atoms with van der Waals surface area (Å²) in [6.07, 6.45) is 8.44. The van der Waals surface area contributed by atoms with E-state index in [0.717, 1.165) is 31.6 Å². The first kappa shape index (κ1) is 13.1. The van der Waals surface area contributed by atoms with Gasteiger partial charge in [0, 0.05) is 12.1 Å². The van der Waals surface area contributed by atoms with Crippen LogP contribution in [0.2, 0.25) is 0 Å². The third-order valence-electron chi connectivity index (χ3n) is 4.79. The molecular weight excluding hydrogens is 240 g/mol. The molecule has 0 aromatic carbocycles. The van der Waals surface area contributed by atoms with E-state index >= 15 is 0 Å². The third kappa shape index (κ3) is 2.83. The van der Waals surface area contributed by atoms with E-state index in [-0.39, 0.29) is 23.9 Å². The Labute approximate surface area is 114 Å². The molecule has 0 aromatic heterocycles. The van der Waals surface area contributed by atoms with Crippen molar-refractivity contribution in [3.63, 3.8) is 0 Å². The summed E-state index contributed by atoms with van der Waals surface area (Å²) in [5.74, 6) is 0.868. The Morgan fingerprint density at radius 3 is 2.58 bits per heavy atom. The van der Waals surface area contributed by atoms with Crippen LogP contribution in [0.15, 0.2) is 0 Å². The summed E-state index contributed by atoms with van der Waals surface area (Å²) < 4.78 is 0. The van der Waals surface area contributed by atoms with E-state index in [4.69, 9.17) is 0 Å². The smallest absolute Gasteiger partial charge is 0.247 e. The Bertz CT molecular complexity index is 378. The highest BCUT2D eigenvalue weighted by molar-refractivity contribution is 6.06. The number of hydrogen-bond acceptors (Lipinski definition) is 3. The lowest BCUT2D eigenvalue weighted by molar-refractivity contribution is -0.139. The van der Waals surface area contributed by atoms with Gasteiger partial charge in [0.15, 0.2) is 0 Å². The molecule has 106 valence electrons. The molecule has 0 spiro atoms. The van der Waals surface area contributed by atoms with Crippen LogP contribution < -0.4 is 5.32 Å². The number of nitrogens with zero attached hydrogens (tertiary/aromatic N) is 1. The number of rotatable bonds is 3. The normalized spacial score (nSPS) is 36.7. The lowest BCUT2D eigenvalue weighted by Crippen LogP contribution is -2.44. The molecule has 2 aliphatic carbocycles. The van der Waals surface area contributed by atoms with Crippen LogP contribution in [0.4, 0.5) is 0 Å². The Hall–Kier alpha value is -0.900. The minimum atomic E-state index is -0.244. The van der Waals surface area contributed by atoms with Crippen molar-refractivity contribution >= 4 is 11.8 Å². The standard InChI is InChI=1S/C15H24N2O2/c1-10-3-2-4-11(6-5-10)16-13-9-14(18)17(15(13)19)12-7-8-12/h10-13,16H,2-9H2,1H3. The third-order valence-corrected chi connectivity index (χ3v) is 4.79. The maximum atomic E-state index is 12.3. The second-order valence-electron chi connectivity index (χ2n) is 6.57. The number of amides is 2. The molecule has 1 N–H and O–H groups in total. The number of carbonyl (C=O) groups excluding carboxylic acids is 2. The zero-order valence-corrected chi connectivity index (χ0v) is 11.7. The van der Waals surface area contributed by atoms with E-state index < -0.39 is 0 Å². The Morgan fingerprint density at radius 2 is 1.84 bits per heavy atom. The van der Waals surface area contributed by atoms with Crippen molar-refractivity contribution in [3.05, 3.63) is 0 Å². The van der Waals surface area contributed by atoms with E-state index in [0.29, 0.717) is 12.5 Å². The summed E-state index contributed by atoms with van der Waals surface area (Å²) in [6.45, 7) is 2.31. The molecule has 0 bridgehead atoms.